The summed E-state index contributed by atoms with van der Waals surface area (Å²) < 4.78 is 5.25. The lowest BCUT2D eigenvalue weighted by molar-refractivity contribution is 0.114. The summed E-state index contributed by atoms with van der Waals surface area (Å²) in [4.78, 5) is 0. The van der Waals surface area contributed by atoms with E-state index in [1.54, 1.807) is 11.8 Å². The van der Waals surface area contributed by atoms with E-state index in [0.717, 1.165) is 12.2 Å². The van der Waals surface area contributed by atoms with E-state index in [-0.39, 0.29) is 6.00 Å². The first-order valence-electron chi connectivity index (χ1n) is 2.85. The number of ether oxygens (including phenoxy) is 1. The summed E-state index contributed by atoms with van der Waals surface area (Å²) in [5.74, 6) is 0.957. The summed E-state index contributed by atoms with van der Waals surface area (Å²) in [6, 6.07) is -0.00931. The highest BCUT2D eigenvalue weighted by Gasteiger charge is 2.19. The molecule has 0 aromatic rings. The molecule has 0 spiro atoms. The highest BCUT2D eigenvalue weighted by atomic mass is 32.2. The van der Waals surface area contributed by atoms with Crippen LogP contribution in [0.4, 0.5) is 0 Å². The fraction of sp³-hybridized carbons (Fsp3) is 1.00. The Morgan fingerprint density at radius 2 is 2.62 bits per heavy atom. The molecule has 44 valence electrons. The second kappa shape index (κ2) is 2.78. The van der Waals surface area contributed by atoms with Gasteiger partial charge in [0.05, 0.1) is 0 Å². The first kappa shape index (κ1) is 6.49. The van der Waals surface area contributed by atoms with E-state index < -0.39 is 0 Å². The third-order valence-corrected chi connectivity index (χ3v) is 2.44. The maximum Gasteiger partial charge on any atom is 0.110 e. The van der Waals surface area contributed by atoms with Crippen molar-refractivity contribution in [2.75, 3.05) is 5.75 Å². The van der Waals surface area contributed by atoms with Crippen molar-refractivity contribution >= 4 is 19.6 Å². The summed E-state index contributed by atoms with van der Waals surface area (Å²) in [5.41, 5.74) is 0.366. The quantitative estimate of drug-likeness (QED) is 0.487. The third-order valence-electron chi connectivity index (χ3n) is 1.11. The van der Waals surface area contributed by atoms with Crippen LogP contribution in [0.2, 0.25) is 0 Å². The minimum Gasteiger partial charge on any atom is -0.373 e. The lowest BCUT2D eigenvalue weighted by Crippen LogP contribution is -2.10. The number of hydrogen-bond acceptors (Lipinski definition) is 2. The minimum absolute atomic E-state index is 0.00931. The van der Waals surface area contributed by atoms with Crippen molar-refractivity contribution in [3.63, 3.8) is 0 Å². The van der Waals surface area contributed by atoms with Gasteiger partial charge in [0.1, 0.15) is 13.3 Å². The summed E-state index contributed by atoms with van der Waals surface area (Å²) in [7, 11) is 5.46. The van der Waals surface area contributed by atoms with Crippen molar-refractivity contribution in [3.05, 3.63) is 0 Å². The van der Waals surface area contributed by atoms with E-state index in [1.807, 2.05) is 0 Å². The minimum atomic E-state index is -0.00931. The van der Waals surface area contributed by atoms with Crippen LogP contribution in [-0.4, -0.2) is 25.0 Å². The Hall–Kier alpha value is 0.375. The first-order valence-corrected chi connectivity index (χ1v) is 3.90. The largest absolute Gasteiger partial charge is 0.373 e. The molecule has 0 aromatic heterocycles. The zero-order valence-electron chi connectivity index (χ0n) is 4.96. The molecule has 1 aliphatic rings. The van der Waals surface area contributed by atoms with Gasteiger partial charge in [-0.3, -0.25) is 0 Å². The van der Waals surface area contributed by atoms with Crippen molar-refractivity contribution in [1.29, 1.82) is 0 Å². The molecule has 1 heterocycles. The molecule has 0 saturated carbocycles. The molecule has 0 amide bonds. The fourth-order valence-corrected chi connectivity index (χ4v) is 1.63. The lowest BCUT2D eigenvalue weighted by atomic mass is 10.0. The zero-order valence-corrected chi connectivity index (χ0v) is 5.78. The van der Waals surface area contributed by atoms with Crippen LogP contribution in [0.25, 0.3) is 0 Å². The van der Waals surface area contributed by atoms with Gasteiger partial charge in [0.15, 0.2) is 0 Å². The predicted octanol–water partition coefficient (Wildman–Crippen LogP) is 0.980. The molecular weight excluding hydrogens is 119 g/mol. The molecule has 1 nitrogen and oxygen atoms in total. The van der Waals surface area contributed by atoms with E-state index in [4.69, 9.17) is 12.6 Å². The van der Waals surface area contributed by atoms with Crippen molar-refractivity contribution in [2.24, 2.45) is 0 Å². The number of hydrogen-bond donors (Lipinski definition) is 0. The SMILES string of the molecule is [B][C@@H]1CS[C@H](CC)O1. The maximum atomic E-state index is 5.46. The van der Waals surface area contributed by atoms with E-state index in [9.17, 15) is 0 Å². The van der Waals surface area contributed by atoms with Crippen LogP contribution in [0.15, 0.2) is 0 Å². The van der Waals surface area contributed by atoms with E-state index >= 15 is 0 Å². The standard InChI is InChI=1S/C5H9BOS/c1-2-5-7-4(6)3-8-5/h4-5H,2-3H2,1H3/t4-,5+/m0/s1. The molecule has 1 rings (SSSR count). The number of thioether (sulfide) groups is 1. The van der Waals surface area contributed by atoms with Crippen LogP contribution in [0.1, 0.15) is 13.3 Å². The van der Waals surface area contributed by atoms with Gasteiger partial charge in [-0.2, -0.15) is 0 Å². The molecule has 2 atom stereocenters. The topological polar surface area (TPSA) is 9.23 Å². The van der Waals surface area contributed by atoms with Gasteiger partial charge in [-0.05, 0) is 6.42 Å². The van der Waals surface area contributed by atoms with E-state index in [0.29, 0.717) is 5.44 Å². The van der Waals surface area contributed by atoms with Crippen LogP contribution in [0.3, 0.4) is 0 Å². The summed E-state index contributed by atoms with van der Waals surface area (Å²) in [5, 5.41) is 0. The van der Waals surface area contributed by atoms with Gasteiger partial charge in [-0.1, -0.05) is 6.92 Å². The van der Waals surface area contributed by atoms with Crippen molar-refractivity contribution in [2.45, 2.75) is 24.8 Å². The van der Waals surface area contributed by atoms with Crippen molar-refractivity contribution in [3.8, 4) is 0 Å². The summed E-state index contributed by atoms with van der Waals surface area (Å²) in [6.07, 6.45) is 1.07. The normalized spacial score (nSPS) is 38.1. The zero-order chi connectivity index (χ0) is 5.98. The molecule has 1 fully saturated rings. The van der Waals surface area contributed by atoms with Gasteiger partial charge < -0.3 is 4.74 Å². The molecule has 0 bridgehead atoms. The van der Waals surface area contributed by atoms with E-state index in [2.05, 4.69) is 6.92 Å². The average molecular weight is 128 g/mol. The average Bonchev–Trinajstić information content (AvgIpc) is 2.14. The van der Waals surface area contributed by atoms with Gasteiger partial charge in [-0.15, -0.1) is 11.8 Å². The third kappa shape index (κ3) is 1.42. The molecule has 1 aliphatic heterocycles. The molecule has 3 heteroatoms. The highest BCUT2D eigenvalue weighted by molar-refractivity contribution is 8.00. The Labute approximate surface area is 55.6 Å². The summed E-state index contributed by atoms with van der Waals surface area (Å²) >= 11 is 1.80. The van der Waals surface area contributed by atoms with Crippen LogP contribution >= 0.6 is 11.8 Å². The summed E-state index contributed by atoms with van der Waals surface area (Å²) in [6.45, 7) is 2.11. The lowest BCUT2D eigenvalue weighted by Gasteiger charge is -2.04. The Bertz CT molecular complexity index is 78.8. The van der Waals surface area contributed by atoms with Crippen LogP contribution in [0.5, 0.6) is 0 Å². The van der Waals surface area contributed by atoms with Crippen LogP contribution in [0, 0.1) is 0 Å². The molecular formula is C5H9BOS. The molecule has 8 heavy (non-hydrogen) atoms. The molecule has 1 saturated heterocycles. The maximum absolute atomic E-state index is 5.46. The fourth-order valence-electron chi connectivity index (χ4n) is 0.690. The van der Waals surface area contributed by atoms with Crippen molar-refractivity contribution < 1.29 is 4.74 Å². The molecule has 2 radical (unpaired) electrons. The van der Waals surface area contributed by atoms with Gasteiger partial charge in [0, 0.05) is 11.8 Å². The predicted molar refractivity (Wildman–Crippen MR) is 37.2 cm³/mol. The molecule has 0 N–H and O–H groups in total. The molecule has 0 unspecified atom stereocenters. The first-order chi connectivity index (χ1) is 3.83. The van der Waals surface area contributed by atoms with Gasteiger partial charge >= 0.3 is 0 Å². The van der Waals surface area contributed by atoms with E-state index in [1.165, 1.54) is 0 Å². The van der Waals surface area contributed by atoms with Crippen LogP contribution in [-0.2, 0) is 4.74 Å². The second-order valence-electron chi connectivity index (χ2n) is 1.85. The van der Waals surface area contributed by atoms with Gasteiger partial charge in [0.25, 0.3) is 0 Å². The van der Waals surface area contributed by atoms with Gasteiger partial charge in [0.2, 0.25) is 0 Å². The van der Waals surface area contributed by atoms with Crippen LogP contribution < -0.4 is 0 Å². The highest BCUT2D eigenvalue weighted by Crippen LogP contribution is 2.25. The Kier molecular flexibility index (Phi) is 2.26. The number of rotatable bonds is 1. The smallest absolute Gasteiger partial charge is 0.110 e. The van der Waals surface area contributed by atoms with Crippen molar-refractivity contribution in [1.82, 2.24) is 0 Å². The Balaban J connectivity index is 2.22. The molecule has 0 aliphatic carbocycles. The Morgan fingerprint density at radius 3 is 2.88 bits per heavy atom. The Morgan fingerprint density at radius 1 is 1.88 bits per heavy atom. The van der Waals surface area contributed by atoms with Gasteiger partial charge in [-0.25, -0.2) is 0 Å². The second-order valence-corrected chi connectivity index (χ2v) is 3.04. The monoisotopic (exact) mass is 128 g/mol. The molecule has 0 aromatic carbocycles.